The first-order valence-corrected chi connectivity index (χ1v) is 9.70. The molecule has 4 rings (SSSR count). The van der Waals surface area contributed by atoms with E-state index in [-0.39, 0.29) is 11.9 Å². The molecule has 1 aliphatic carbocycles. The number of amides is 1. The number of esters is 1. The molecule has 1 amide bonds. The van der Waals surface area contributed by atoms with Gasteiger partial charge in [0.2, 0.25) is 0 Å². The van der Waals surface area contributed by atoms with Crippen molar-refractivity contribution in [3.8, 4) is 0 Å². The Hall–Kier alpha value is -3.14. The van der Waals surface area contributed by atoms with Gasteiger partial charge in [0.05, 0.1) is 11.6 Å². The van der Waals surface area contributed by atoms with Crippen LogP contribution in [-0.4, -0.2) is 18.0 Å². The molecular weight excluding hydrogens is 350 g/mol. The highest BCUT2D eigenvalue weighted by Crippen LogP contribution is 2.29. The van der Waals surface area contributed by atoms with Gasteiger partial charge in [-0.2, -0.15) is 0 Å². The third-order valence-corrected chi connectivity index (χ3v) is 5.35. The molecule has 0 heterocycles. The molecule has 3 aromatic carbocycles. The third kappa shape index (κ3) is 3.63. The van der Waals surface area contributed by atoms with Gasteiger partial charge in [0.15, 0.2) is 6.10 Å². The van der Waals surface area contributed by atoms with Crippen molar-refractivity contribution in [3.05, 3.63) is 83.4 Å². The van der Waals surface area contributed by atoms with Crippen LogP contribution in [0, 0.1) is 0 Å². The predicted molar refractivity (Wildman–Crippen MR) is 109 cm³/mol. The zero-order valence-corrected chi connectivity index (χ0v) is 15.9. The second kappa shape index (κ2) is 7.85. The van der Waals surface area contributed by atoms with E-state index in [0.717, 1.165) is 35.6 Å². The second-order valence-electron chi connectivity index (χ2n) is 7.23. The molecule has 0 saturated carbocycles. The van der Waals surface area contributed by atoms with Gasteiger partial charge in [0.1, 0.15) is 0 Å². The fourth-order valence-corrected chi connectivity index (χ4v) is 3.87. The van der Waals surface area contributed by atoms with Gasteiger partial charge in [0.25, 0.3) is 5.91 Å². The van der Waals surface area contributed by atoms with Crippen molar-refractivity contribution in [1.82, 2.24) is 5.32 Å². The van der Waals surface area contributed by atoms with Gasteiger partial charge in [-0.25, -0.2) is 4.79 Å². The number of ether oxygens (including phenoxy) is 1. The summed E-state index contributed by atoms with van der Waals surface area (Å²) in [6.45, 7) is 1.62. The van der Waals surface area contributed by atoms with Crippen molar-refractivity contribution in [2.75, 3.05) is 0 Å². The lowest BCUT2D eigenvalue weighted by molar-refractivity contribution is -0.130. The zero-order valence-electron chi connectivity index (χ0n) is 15.9. The first kappa shape index (κ1) is 18.2. The number of nitrogens with one attached hydrogen (secondary N) is 1. The number of carbonyl (C=O) groups is 2. The van der Waals surface area contributed by atoms with Crippen molar-refractivity contribution in [2.45, 2.75) is 38.3 Å². The highest BCUT2D eigenvalue weighted by atomic mass is 16.5. The first-order valence-electron chi connectivity index (χ1n) is 9.70. The summed E-state index contributed by atoms with van der Waals surface area (Å²) in [5.41, 5.74) is 2.91. The lowest BCUT2D eigenvalue weighted by Crippen LogP contribution is -2.39. The molecule has 4 heteroatoms. The third-order valence-electron chi connectivity index (χ3n) is 5.35. The number of hydrogen-bond donors (Lipinski definition) is 1. The summed E-state index contributed by atoms with van der Waals surface area (Å²) >= 11 is 0. The van der Waals surface area contributed by atoms with Gasteiger partial charge in [-0.05, 0) is 54.2 Å². The van der Waals surface area contributed by atoms with E-state index in [2.05, 4.69) is 17.4 Å². The Bertz CT molecular complexity index is 1020. The normalized spacial score (nSPS) is 16.8. The molecule has 1 N–H and O–H groups in total. The van der Waals surface area contributed by atoms with Gasteiger partial charge in [-0.1, -0.05) is 60.7 Å². The van der Waals surface area contributed by atoms with Crippen LogP contribution in [0.1, 0.15) is 47.3 Å². The van der Waals surface area contributed by atoms with E-state index in [4.69, 9.17) is 4.74 Å². The molecule has 3 aromatic rings. The van der Waals surface area contributed by atoms with Crippen LogP contribution < -0.4 is 5.32 Å². The number of aryl methyl sites for hydroxylation is 1. The minimum absolute atomic E-state index is 0.0313. The van der Waals surface area contributed by atoms with Gasteiger partial charge < -0.3 is 10.1 Å². The van der Waals surface area contributed by atoms with Crippen LogP contribution in [0.5, 0.6) is 0 Å². The number of rotatable bonds is 4. The fraction of sp³-hybridized carbons (Fsp3) is 0.250. The average molecular weight is 373 g/mol. The van der Waals surface area contributed by atoms with Crippen molar-refractivity contribution >= 4 is 22.6 Å². The molecule has 0 aromatic heterocycles. The second-order valence-corrected chi connectivity index (χ2v) is 7.23. The maximum absolute atomic E-state index is 12.7. The summed E-state index contributed by atoms with van der Waals surface area (Å²) in [6.07, 6.45) is 2.10. The first-order chi connectivity index (χ1) is 13.6. The van der Waals surface area contributed by atoms with Crippen molar-refractivity contribution < 1.29 is 14.3 Å². The highest BCUT2D eigenvalue weighted by molar-refractivity contribution is 6.05. The minimum atomic E-state index is -0.861. The Morgan fingerprint density at radius 2 is 1.75 bits per heavy atom. The summed E-state index contributed by atoms with van der Waals surface area (Å²) in [5.74, 6) is -0.751. The summed E-state index contributed by atoms with van der Waals surface area (Å²) in [4.78, 5) is 25.3. The highest BCUT2D eigenvalue weighted by Gasteiger charge is 2.26. The molecule has 2 atom stereocenters. The average Bonchev–Trinajstić information content (AvgIpc) is 2.73. The van der Waals surface area contributed by atoms with Gasteiger partial charge in [-0.15, -0.1) is 0 Å². The molecule has 4 nitrogen and oxygen atoms in total. The molecule has 0 aliphatic heterocycles. The Balaban J connectivity index is 1.46. The number of carbonyl (C=O) groups excluding carboxylic acids is 2. The topological polar surface area (TPSA) is 55.4 Å². The van der Waals surface area contributed by atoms with E-state index < -0.39 is 12.1 Å². The van der Waals surface area contributed by atoms with E-state index >= 15 is 0 Å². The molecule has 1 aliphatic rings. The van der Waals surface area contributed by atoms with Crippen LogP contribution in [0.25, 0.3) is 10.8 Å². The van der Waals surface area contributed by atoms with E-state index in [1.807, 2.05) is 48.5 Å². The number of fused-ring (bicyclic) bond motifs is 2. The number of hydrogen-bond acceptors (Lipinski definition) is 3. The lowest BCUT2D eigenvalue weighted by Gasteiger charge is -2.27. The molecule has 0 spiro atoms. The van der Waals surface area contributed by atoms with Crippen LogP contribution in [0.3, 0.4) is 0 Å². The lowest BCUT2D eigenvalue weighted by atomic mass is 9.87. The smallest absolute Gasteiger partial charge is 0.339 e. The summed E-state index contributed by atoms with van der Waals surface area (Å²) in [6, 6.07) is 21.3. The Kier molecular flexibility index (Phi) is 5.11. The molecular formula is C24H23NO3. The van der Waals surface area contributed by atoms with Crippen molar-refractivity contribution in [3.63, 3.8) is 0 Å². The molecule has 0 saturated heterocycles. The standard InChI is InChI=1S/C24H23NO3/c1-16(23(26)25-22-15-7-11-18-9-3-5-13-20(18)22)28-24(27)21-14-6-10-17-8-2-4-12-19(17)21/h2-6,8-10,12-14,16,22H,7,11,15H2,1H3,(H,25,26)/t16-,22-/m0/s1. The van der Waals surface area contributed by atoms with Crippen LogP contribution in [0.15, 0.2) is 66.7 Å². The molecule has 142 valence electrons. The Morgan fingerprint density at radius 3 is 2.64 bits per heavy atom. The predicted octanol–water partition coefficient (Wildman–Crippen LogP) is 4.58. The molecule has 0 fully saturated rings. The molecule has 0 unspecified atom stereocenters. The van der Waals surface area contributed by atoms with E-state index in [9.17, 15) is 9.59 Å². The SMILES string of the molecule is C[C@H](OC(=O)c1cccc2ccccc12)C(=O)N[C@H]1CCCc2ccccc21. The van der Waals surface area contributed by atoms with Gasteiger partial charge >= 0.3 is 5.97 Å². The fourth-order valence-electron chi connectivity index (χ4n) is 3.87. The van der Waals surface area contributed by atoms with Crippen molar-refractivity contribution in [2.24, 2.45) is 0 Å². The summed E-state index contributed by atoms with van der Waals surface area (Å²) in [5, 5.41) is 4.84. The van der Waals surface area contributed by atoms with E-state index in [0.29, 0.717) is 5.56 Å². The Morgan fingerprint density at radius 1 is 1.00 bits per heavy atom. The number of benzene rings is 3. The van der Waals surface area contributed by atoms with Gasteiger partial charge in [-0.3, -0.25) is 4.79 Å². The maximum Gasteiger partial charge on any atom is 0.339 e. The molecule has 0 radical (unpaired) electrons. The van der Waals surface area contributed by atoms with Crippen molar-refractivity contribution in [1.29, 1.82) is 0 Å². The summed E-state index contributed by atoms with van der Waals surface area (Å²) in [7, 11) is 0. The molecule has 28 heavy (non-hydrogen) atoms. The van der Waals surface area contributed by atoms with E-state index in [1.165, 1.54) is 5.56 Å². The quantitative estimate of drug-likeness (QED) is 0.681. The maximum atomic E-state index is 12.7. The van der Waals surface area contributed by atoms with Crippen LogP contribution in [0.2, 0.25) is 0 Å². The van der Waals surface area contributed by atoms with Crippen LogP contribution in [-0.2, 0) is 16.0 Å². The summed E-state index contributed by atoms with van der Waals surface area (Å²) < 4.78 is 5.48. The zero-order chi connectivity index (χ0) is 19.5. The van der Waals surface area contributed by atoms with E-state index in [1.54, 1.807) is 13.0 Å². The molecule has 0 bridgehead atoms. The van der Waals surface area contributed by atoms with Gasteiger partial charge in [0, 0.05) is 0 Å². The minimum Gasteiger partial charge on any atom is -0.449 e. The largest absolute Gasteiger partial charge is 0.449 e. The Labute approximate surface area is 164 Å². The van der Waals surface area contributed by atoms with Crippen LogP contribution in [0.4, 0.5) is 0 Å². The monoisotopic (exact) mass is 373 g/mol. The van der Waals surface area contributed by atoms with Crippen LogP contribution >= 0.6 is 0 Å².